The number of hydrogen-bond donors (Lipinski definition) is 2. The van der Waals surface area contributed by atoms with Gasteiger partial charge in [-0.05, 0) is 43.9 Å². The molecule has 0 saturated heterocycles. The normalized spacial score (nSPS) is 20.2. The van der Waals surface area contributed by atoms with E-state index in [9.17, 15) is 0 Å². The zero-order valence-corrected chi connectivity index (χ0v) is 11.3. The van der Waals surface area contributed by atoms with Crippen LogP contribution in [-0.2, 0) is 0 Å². The van der Waals surface area contributed by atoms with Crippen LogP contribution in [0, 0.1) is 11.3 Å². The van der Waals surface area contributed by atoms with E-state index in [2.05, 4.69) is 26.1 Å². The second-order valence-electron chi connectivity index (χ2n) is 6.12. The van der Waals surface area contributed by atoms with E-state index in [1.165, 1.54) is 25.7 Å². The predicted molar refractivity (Wildman–Crippen MR) is 69.5 cm³/mol. The topological polar surface area (TPSA) is 32.3 Å². The predicted octanol–water partition coefficient (Wildman–Crippen LogP) is 2.95. The van der Waals surface area contributed by atoms with E-state index in [-0.39, 0.29) is 0 Å². The maximum Gasteiger partial charge on any atom is 0.0431 e. The maximum atomic E-state index is 8.79. The van der Waals surface area contributed by atoms with Crippen molar-refractivity contribution >= 4 is 0 Å². The molecule has 1 saturated carbocycles. The van der Waals surface area contributed by atoms with Gasteiger partial charge in [0.1, 0.15) is 0 Å². The number of rotatable bonds is 7. The van der Waals surface area contributed by atoms with E-state index in [4.69, 9.17) is 5.11 Å². The van der Waals surface area contributed by atoms with Crippen LogP contribution in [-0.4, -0.2) is 24.3 Å². The minimum absolute atomic E-state index is 0.317. The largest absolute Gasteiger partial charge is 0.396 e. The van der Waals surface area contributed by atoms with Crippen molar-refractivity contribution in [2.75, 3.05) is 13.2 Å². The first-order chi connectivity index (χ1) is 7.56. The Morgan fingerprint density at radius 3 is 2.50 bits per heavy atom. The fourth-order valence-corrected chi connectivity index (χ4v) is 2.79. The molecule has 16 heavy (non-hydrogen) atoms. The second kappa shape index (κ2) is 6.61. The van der Waals surface area contributed by atoms with Crippen LogP contribution in [0.2, 0.25) is 0 Å². The highest BCUT2D eigenvalue weighted by atomic mass is 16.2. The number of aliphatic hydroxyl groups excluding tert-OH is 1. The maximum absolute atomic E-state index is 8.79. The Bertz CT molecular complexity index is 185. The summed E-state index contributed by atoms with van der Waals surface area (Å²) in [4.78, 5) is 0. The van der Waals surface area contributed by atoms with Crippen molar-refractivity contribution in [2.45, 2.75) is 65.3 Å². The summed E-state index contributed by atoms with van der Waals surface area (Å²) in [6, 6.07) is 0.535. The quantitative estimate of drug-likeness (QED) is 0.701. The average molecular weight is 227 g/mol. The zero-order valence-electron chi connectivity index (χ0n) is 11.3. The third-order valence-corrected chi connectivity index (χ3v) is 4.16. The van der Waals surface area contributed by atoms with Crippen molar-refractivity contribution in [3.63, 3.8) is 0 Å². The average Bonchev–Trinajstić information content (AvgIpc) is 2.77. The minimum Gasteiger partial charge on any atom is -0.396 e. The number of hydrogen-bond acceptors (Lipinski definition) is 2. The molecule has 1 rings (SSSR count). The summed E-state index contributed by atoms with van der Waals surface area (Å²) >= 11 is 0. The first-order valence-electron chi connectivity index (χ1n) is 6.90. The summed E-state index contributed by atoms with van der Waals surface area (Å²) in [5.41, 5.74) is 0.434. The van der Waals surface area contributed by atoms with Gasteiger partial charge in [-0.25, -0.2) is 0 Å². The smallest absolute Gasteiger partial charge is 0.0431 e. The standard InChI is InChI=1S/C14H29NO/c1-12(7-6-10-16)15-11-14(2,3)13-8-4-5-9-13/h12-13,15-16H,4-11H2,1-3H3. The molecule has 1 fully saturated rings. The molecule has 1 atom stereocenters. The molecule has 0 aromatic carbocycles. The van der Waals surface area contributed by atoms with Crippen molar-refractivity contribution in [3.05, 3.63) is 0 Å². The van der Waals surface area contributed by atoms with E-state index in [0.29, 0.717) is 18.1 Å². The Morgan fingerprint density at radius 2 is 1.94 bits per heavy atom. The van der Waals surface area contributed by atoms with Crippen molar-refractivity contribution < 1.29 is 5.11 Å². The zero-order chi connectivity index (χ0) is 12.0. The lowest BCUT2D eigenvalue weighted by molar-refractivity contribution is 0.198. The molecule has 1 aliphatic carbocycles. The molecule has 0 aliphatic heterocycles. The summed E-state index contributed by atoms with van der Waals surface area (Å²) in [6.07, 6.45) is 7.68. The molecule has 0 aromatic rings. The molecule has 1 aliphatic rings. The highest BCUT2D eigenvalue weighted by molar-refractivity contribution is 4.84. The van der Waals surface area contributed by atoms with Crippen molar-refractivity contribution in [1.29, 1.82) is 0 Å². The Kier molecular flexibility index (Phi) is 5.77. The van der Waals surface area contributed by atoms with Gasteiger partial charge in [0.15, 0.2) is 0 Å². The van der Waals surface area contributed by atoms with E-state index in [1.807, 2.05) is 0 Å². The van der Waals surface area contributed by atoms with Crippen LogP contribution in [0.1, 0.15) is 59.3 Å². The lowest BCUT2D eigenvalue weighted by Crippen LogP contribution is -2.39. The van der Waals surface area contributed by atoms with Gasteiger partial charge in [0.2, 0.25) is 0 Å². The summed E-state index contributed by atoms with van der Waals surface area (Å²) in [7, 11) is 0. The van der Waals surface area contributed by atoms with Gasteiger partial charge in [0, 0.05) is 19.2 Å². The first kappa shape index (κ1) is 14.0. The van der Waals surface area contributed by atoms with Crippen LogP contribution in [0.5, 0.6) is 0 Å². The van der Waals surface area contributed by atoms with Crippen LogP contribution < -0.4 is 5.32 Å². The molecular weight excluding hydrogens is 198 g/mol. The van der Waals surface area contributed by atoms with Gasteiger partial charge < -0.3 is 10.4 Å². The Hall–Kier alpha value is -0.0800. The van der Waals surface area contributed by atoms with Crippen molar-refractivity contribution in [2.24, 2.45) is 11.3 Å². The fraction of sp³-hybridized carbons (Fsp3) is 1.00. The third kappa shape index (κ3) is 4.42. The highest BCUT2D eigenvalue weighted by Crippen LogP contribution is 2.39. The molecule has 0 bridgehead atoms. The van der Waals surface area contributed by atoms with Gasteiger partial charge in [-0.3, -0.25) is 0 Å². The molecule has 0 radical (unpaired) electrons. The highest BCUT2D eigenvalue weighted by Gasteiger charge is 2.31. The molecule has 1 unspecified atom stereocenters. The molecule has 0 aromatic heterocycles. The van der Waals surface area contributed by atoms with Crippen molar-refractivity contribution in [3.8, 4) is 0 Å². The third-order valence-electron chi connectivity index (χ3n) is 4.16. The van der Waals surface area contributed by atoms with Crippen LogP contribution in [0.4, 0.5) is 0 Å². The summed E-state index contributed by atoms with van der Waals surface area (Å²) in [6.45, 7) is 8.45. The Labute approximate surface area is 101 Å². The lowest BCUT2D eigenvalue weighted by Gasteiger charge is -2.33. The van der Waals surface area contributed by atoms with E-state index in [0.717, 1.165) is 25.3 Å². The second-order valence-corrected chi connectivity index (χ2v) is 6.12. The molecule has 2 nitrogen and oxygen atoms in total. The van der Waals surface area contributed by atoms with Gasteiger partial charge in [0.25, 0.3) is 0 Å². The fourth-order valence-electron chi connectivity index (χ4n) is 2.79. The number of nitrogens with one attached hydrogen (secondary N) is 1. The Morgan fingerprint density at radius 1 is 1.31 bits per heavy atom. The Balaban J connectivity index is 2.23. The van der Waals surface area contributed by atoms with Crippen molar-refractivity contribution in [1.82, 2.24) is 5.32 Å². The molecule has 2 N–H and O–H groups in total. The summed E-state index contributed by atoms with van der Waals surface area (Å²) < 4.78 is 0. The molecule has 96 valence electrons. The molecule has 0 heterocycles. The molecule has 0 amide bonds. The van der Waals surface area contributed by atoms with Gasteiger partial charge in [0.05, 0.1) is 0 Å². The van der Waals surface area contributed by atoms with Gasteiger partial charge >= 0.3 is 0 Å². The first-order valence-corrected chi connectivity index (χ1v) is 6.90. The minimum atomic E-state index is 0.317. The van der Waals surface area contributed by atoms with E-state index < -0.39 is 0 Å². The molecule has 2 heteroatoms. The van der Waals surface area contributed by atoms with Crippen LogP contribution in [0.3, 0.4) is 0 Å². The van der Waals surface area contributed by atoms with E-state index >= 15 is 0 Å². The SMILES string of the molecule is CC(CCCO)NCC(C)(C)C1CCCC1. The monoisotopic (exact) mass is 227 g/mol. The van der Waals surface area contributed by atoms with Crippen LogP contribution >= 0.6 is 0 Å². The van der Waals surface area contributed by atoms with Crippen LogP contribution in [0.15, 0.2) is 0 Å². The molecular formula is C14H29NO. The number of aliphatic hydroxyl groups is 1. The molecule has 0 spiro atoms. The summed E-state index contributed by atoms with van der Waals surface area (Å²) in [5.74, 6) is 0.907. The summed E-state index contributed by atoms with van der Waals surface area (Å²) in [5, 5.41) is 12.4. The van der Waals surface area contributed by atoms with E-state index in [1.54, 1.807) is 0 Å². The lowest BCUT2D eigenvalue weighted by atomic mass is 9.77. The van der Waals surface area contributed by atoms with Crippen LogP contribution in [0.25, 0.3) is 0 Å². The van der Waals surface area contributed by atoms with Gasteiger partial charge in [-0.15, -0.1) is 0 Å². The van der Waals surface area contributed by atoms with Gasteiger partial charge in [-0.1, -0.05) is 26.7 Å². The van der Waals surface area contributed by atoms with Gasteiger partial charge in [-0.2, -0.15) is 0 Å².